The molecule has 0 spiro atoms. The lowest BCUT2D eigenvalue weighted by atomic mass is 10.1. The zero-order valence-electron chi connectivity index (χ0n) is 15.8. The standard InChI is InChI=1S/C20H18N6O2S/c1-13-23-19(24-28-13)15-3-5-18(21-11-15)25-6-8-26(9-7-25)20(27)14-2-4-16-17(10-14)29-12-22-16/h2-5,10-12H,6-9H2,1H3. The monoisotopic (exact) mass is 406 g/mol. The molecule has 3 aromatic heterocycles. The van der Waals surface area contributed by atoms with Gasteiger partial charge in [0.15, 0.2) is 0 Å². The van der Waals surface area contributed by atoms with Gasteiger partial charge < -0.3 is 14.3 Å². The van der Waals surface area contributed by atoms with Crippen LogP contribution in [0.25, 0.3) is 21.6 Å². The summed E-state index contributed by atoms with van der Waals surface area (Å²) < 4.78 is 6.05. The molecule has 1 amide bonds. The van der Waals surface area contributed by atoms with Crippen LogP contribution < -0.4 is 4.90 Å². The van der Waals surface area contributed by atoms with E-state index in [9.17, 15) is 4.79 Å². The van der Waals surface area contributed by atoms with Gasteiger partial charge in [-0.1, -0.05) is 5.16 Å². The molecule has 1 aromatic carbocycles. The topological polar surface area (TPSA) is 88.3 Å². The molecule has 0 saturated carbocycles. The molecule has 0 N–H and O–H groups in total. The summed E-state index contributed by atoms with van der Waals surface area (Å²) in [5.41, 5.74) is 4.27. The van der Waals surface area contributed by atoms with E-state index in [2.05, 4.69) is 25.0 Å². The molecular weight excluding hydrogens is 388 g/mol. The summed E-state index contributed by atoms with van der Waals surface area (Å²) in [6.07, 6.45) is 1.75. The molecule has 4 aromatic rings. The third-order valence-corrected chi connectivity index (χ3v) is 5.79. The van der Waals surface area contributed by atoms with Crippen molar-refractivity contribution in [3.05, 3.63) is 53.5 Å². The van der Waals surface area contributed by atoms with Crippen LogP contribution >= 0.6 is 11.3 Å². The van der Waals surface area contributed by atoms with Crippen molar-refractivity contribution in [2.45, 2.75) is 6.92 Å². The number of carbonyl (C=O) groups is 1. The number of aryl methyl sites for hydroxylation is 1. The summed E-state index contributed by atoms with van der Waals surface area (Å²) in [5, 5.41) is 3.91. The Labute approximate surface area is 170 Å². The molecule has 0 atom stereocenters. The van der Waals surface area contributed by atoms with Crippen molar-refractivity contribution in [3.63, 3.8) is 0 Å². The number of rotatable bonds is 3. The van der Waals surface area contributed by atoms with Crippen LogP contribution in [0.3, 0.4) is 0 Å². The summed E-state index contributed by atoms with van der Waals surface area (Å²) in [5.74, 6) is 2.01. The summed E-state index contributed by atoms with van der Waals surface area (Å²) in [7, 11) is 0. The maximum Gasteiger partial charge on any atom is 0.254 e. The summed E-state index contributed by atoms with van der Waals surface area (Å²) in [6, 6.07) is 9.59. The molecule has 0 bridgehead atoms. The lowest BCUT2D eigenvalue weighted by molar-refractivity contribution is 0.0746. The van der Waals surface area contributed by atoms with Crippen molar-refractivity contribution in [3.8, 4) is 11.4 Å². The minimum atomic E-state index is 0.0655. The lowest BCUT2D eigenvalue weighted by Crippen LogP contribution is -2.49. The smallest absolute Gasteiger partial charge is 0.254 e. The quantitative estimate of drug-likeness (QED) is 0.517. The molecule has 9 heteroatoms. The second-order valence-corrected chi connectivity index (χ2v) is 7.74. The maximum atomic E-state index is 12.9. The predicted molar refractivity (Wildman–Crippen MR) is 110 cm³/mol. The molecule has 5 rings (SSSR count). The van der Waals surface area contributed by atoms with Crippen molar-refractivity contribution in [1.82, 2.24) is 25.0 Å². The highest BCUT2D eigenvalue weighted by Crippen LogP contribution is 2.22. The molecule has 0 unspecified atom stereocenters. The minimum absolute atomic E-state index is 0.0655. The van der Waals surface area contributed by atoms with Gasteiger partial charge >= 0.3 is 0 Å². The highest BCUT2D eigenvalue weighted by Gasteiger charge is 2.23. The van der Waals surface area contributed by atoms with E-state index in [0.717, 1.165) is 34.7 Å². The fraction of sp³-hybridized carbons (Fsp3) is 0.250. The lowest BCUT2D eigenvalue weighted by Gasteiger charge is -2.35. The normalized spacial score (nSPS) is 14.5. The maximum absolute atomic E-state index is 12.9. The van der Waals surface area contributed by atoms with Crippen LogP contribution in [0.4, 0.5) is 5.82 Å². The SMILES string of the molecule is Cc1nc(-c2ccc(N3CCN(C(=O)c4ccc5ncsc5c4)CC3)nc2)no1. The van der Waals surface area contributed by atoms with Crippen LogP contribution in [0.5, 0.6) is 0 Å². The minimum Gasteiger partial charge on any atom is -0.353 e. The first-order valence-electron chi connectivity index (χ1n) is 9.31. The number of fused-ring (bicyclic) bond motifs is 1. The van der Waals surface area contributed by atoms with E-state index in [4.69, 9.17) is 4.52 Å². The Morgan fingerprint density at radius 1 is 1.10 bits per heavy atom. The zero-order chi connectivity index (χ0) is 19.8. The number of piperazine rings is 1. The van der Waals surface area contributed by atoms with Gasteiger partial charge in [-0.2, -0.15) is 4.98 Å². The van der Waals surface area contributed by atoms with Gasteiger partial charge in [0, 0.05) is 50.4 Å². The summed E-state index contributed by atoms with van der Waals surface area (Å²) in [4.78, 5) is 30.0. The number of aromatic nitrogens is 4. The molecule has 1 aliphatic rings. The highest BCUT2D eigenvalue weighted by molar-refractivity contribution is 7.16. The first-order valence-corrected chi connectivity index (χ1v) is 10.2. The Morgan fingerprint density at radius 3 is 2.69 bits per heavy atom. The van der Waals surface area contributed by atoms with E-state index >= 15 is 0 Å². The van der Waals surface area contributed by atoms with Crippen LogP contribution in [0.15, 0.2) is 46.6 Å². The van der Waals surface area contributed by atoms with Crippen molar-refractivity contribution in [2.24, 2.45) is 0 Å². The Balaban J connectivity index is 1.24. The Hall–Kier alpha value is -3.33. The molecule has 29 heavy (non-hydrogen) atoms. The number of anilines is 1. The second kappa shape index (κ2) is 7.25. The van der Waals surface area contributed by atoms with E-state index in [-0.39, 0.29) is 5.91 Å². The van der Waals surface area contributed by atoms with Crippen molar-refractivity contribution >= 4 is 33.3 Å². The molecule has 1 aliphatic heterocycles. The van der Waals surface area contributed by atoms with Crippen LogP contribution in [0.2, 0.25) is 0 Å². The molecule has 0 radical (unpaired) electrons. The molecule has 1 saturated heterocycles. The number of thiazole rings is 1. The van der Waals surface area contributed by atoms with Crippen LogP contribution in [0, 0.1) is 6.92 Å². The van der Waals surface area contributed by atoms with E-state index in [0.29, 0.717) is 30.4 Å². The highest BCUT2D eigenvalue weighted by atomic mass is 32.1. The summed E-state index contributed by atoms with van der Waals surface area (Å²) >= 11 is 1.55. The largest absolute Gasteiger partial charge is 0.353 e. The summed E-state index contributed by atoms with van der Waals surface area (Å²) in [6.45, 7) is 4.55. The van der Waals surface area contributed by atoms with Gasteiger partial charge in [0.05, 0.1) is 15.7 Å². The number of nitrogens with zero attached hydrogens (tertiary/aromatic N) is 6. The Bertz CT molecular complexity index is 1160. The third-order valence-electron chi connectivity index (χ3n) is 5.00. The number of carbonyl (C=O) groups excluding carboxylic acids is 1. The van der Waals surface area contributed by atoms with Crippen molar-refractivity contribution in [2.75, 3.05) is 31.1 Å². The van der Waals surface area contributed by atoms with Crippen LogP contribution in [0.1, 0.15) is 16.2 Å². The molecule has 0 aliphatic carbocycles. The van der Waals surface area contributed by atoms with Crippen LogP contribution in [-0.2, 0) is 0 Å². The zero-order valence-corrected chi connectivity index (χ0v) is 16.6. The van der Waals surface area contributed by atoms with E-state index < -0.39 is 0 Å². The van der Waals surface area contributed by atoms with E-state index in [1.54, 1.807) is 30.0 Å². The number of hydrogen-bond acceptors (Lipinski definition) is 8. The van der Waals surface area contributed by atoms with Crippen LogP contribution in [-0.4, -0.2) is 57.1 Å². The predicted octanol–water partition coefficient (Wildman–Crippen LogP) is 3.01. The molecule has 1 fully saturated rings. The fourth-order valence-corrected chi connectivity index (χ4v) is 4.15. The number of pyridine rings is 1. The second-order valence-electron chi connectivity index (χ2n) is 6.86. The van der Waals surface area contributed by atoms with Gasteiger partial charge in [0.1, 0.15) is 5.82 Å². The first-order chi connectivity index (χ1) is 14.2. The van der Waals surface area contributed by atoms with Gasteiger partial charge in [0.25, 0.3) is 5.91 Å². The molecular formula is C20H18N6O2S. The van der Waals surface area contributed by atoms with E-state index in [1.807, 2.05) is 35.2 Å². The Kier molecular flexibility index (Phi) is 4.44. The fourth-order valence-electron chi connectivity index (χ4n) is 3.43. The van der Waals surface area contributed by atoms with Gasteiger partial charge in [-0.05, 0) is 30.3 Å². The van der Waals surface area contributed by atoms with Gasteiger partial charge in [-0.3, -0.25) is 4.79 Å². The van der Waals surface area contributed by atoms with Gasteiger partial charge in [-0.25, -0.2) is 9.97 Å². The Morgan fingerprint density at radius 2 is 1.97 bits per heavy atom. The molecule has 4 heterocycles. The van der Waals surface area contributed by atoms with Crippen molar-refractivity contribution < 1.29 is 9.32 Å². The molecule has 8 nitrogen and oxygen atoms in total. The van der Waals surface area contributed by atoms with Gasteiger partial charge in [0.2, 0.25) is 11.7 Å². The van der Waals surface area contributed by atoms with E-state index in [1.165, 1.54) is 0 Å². The third kappa shape index (κ3) is 3.44. The number of amides is 1. The van der Waals surface area contributed by atoms with Gasteiger partial charge in [-0.15, -0.1) is 11.3 Å². The average Bonchev–Trinajstić information content (AvgIpc) is 3.42. The molecule has 146 valence electrons. The number of benzene rings is 1. The average molecular weight is 406 g/mol. The van der Waals surface area contributed by atoms with Crippen molar-refractivity contribution in [1.29, 1.82) is 0 Å². The number of hydrogen-bond donors (Lipinski definition) is 0. The first kappa shape index (κ1) is 17.7.